The highest BCUT2D eigenvalue weighted by Crippen LogP contribution is 2.20. The van der Waals surface area contributed by atoms with E-state index in [-0.39, 0.29) is 17.9 Å². The highest BCUT2D eigenvalue weighted by molar-refractivity contribution is 5.88. The van der Waals surface area contributed by atoms with Gasteiger partial charge in [0.15, 0.2) is 0 Å². The molecule has 0 heterocycles. The summed E-state index contributed by atoms with van der Waals surface area (Å²) in [6.07, 6.45) is -1.13. The Labute approximate surface area is 163 Å². The minimum absolute atomic E-state index is 0.177. The van der Waals surface area contributed by atoms with E-state index >= 15 is 0 Å². The molecular formula is C21H24F2N2O3. The molecule has 2 N–H and O–H groups in total. The van der Waals surface area contributed by atoms with Crippen LogP contribution in [0, 0.1) is 11.6 Å². The summed E-state index contributed by atoms with van der Waals surface area (Å²) in [5.41, 5.74) is 0.857. The molecule has 0 aliphatic heterocycles. The van der Waals surface area contributed by atoms with Gasteiger partial charge >= 0.3 is 0 Å². The zero-order chi connectivity index (χ0) is 20.8. The maximum Gasteiger partial charge on any atom is 0.244 e. The van der Waals surface area contributed by atoms with E-state index in [9.17, 15) is 23.5 Å². The van der Waals surface area contributed by atoms with Crippen LogP contribution in [0.4, 0.5) is 8.78 Å². The number of aliphatic hydroxyl groups is 1. The summed E-state index contributed by atoms with van der Waals surface area (Å²) in [7, 11) is 1.55. The van der Waals surface area contributed by atoms with E-state index in [0.29, 0.717) is 5.56 Å². The third-order valence-corrected chi connectivity index (χ3v) is 4.59. The molecular weight excluding hydrogens is 366 g/mol. The summed E-state index contributed by atoms with van der Waals surface area (Å²) in [6, 6.07) is 10.4. The number of hydrogen-bond donors (Lipinski definition) is 2. The second-order valence-electron chi connectivity index (χ2n) is 6.79. The smallest absolute Gasteiger partial charge is 0.244 e. The van der Waals surface area contributed by atoms with Crippen molar-refractivity contribution in [2.75, 3.05) is 7.05 Å². The summed E-state index contributed by atoms with van der Waals surface area (Å²) >= 11 is 0. The van der Waals surface area contributed by atoms with Crippen molar-refractivity contribution in [3.05, 3.63) is 71.3 Å². The van der Waals surface area contributed by atoms with Crippen LogP contribution in [0.25, 0.3) is 0 Å². The number of likely N-dealkylation sites (N-methyl/N-ethyl adjacent to an activating group) is 1. The van der Waals surface area contributed by atoms with Crippen molar-refractivity contribution < 1.29 is 23.5 Å². The summed E-state index contributed by atoms with van der Waals surface area (Å²) in [5.74, 6) is -2.46. The van der Waals surface area contributed by atoms with Crippen LogP contribution in [-0.2, 0) is 16.0 Å². The Bertz CT molecular complexity index is 809. The quantitative estimate of drug-likeness (QED) is 0.764. The molecule has 0 fully saturated rings. The molecule has 2 rings (SSSR count). The largest absolute Gasteiger partial charge is 0.386 e. The highest BCUT2D eigenvalue weighted by atomic mass is 19.1. The van der Waals surface area contributed by atoms with Gasteiger partial charge < -0.3 is 15.3 Å². The average molecular weight is 390 g/mol. The van der Waals surface area contributed by atoms with Crippen LogP contribution in [0.1, 0.15) is 31.1 Å². The summed E-state index contributed by atoms with van der Waals surface area (Å²) in [4.78, 5) is 26.1. The molecule has 0 spiro atoms. The lowest BCUT2D eigenvalue weighted by Gasteiger charge is -2.31. The van der Waals surface area contributed by atoms with Crippen LogP contribution >= 0.6 is 0 Å². The predicted octanol–water partition coefficient (Wildman–Crippen LogP) is 2.59. The number of amides is 2. The van der Waals surface area contributed by atoms with Gasteiger partial charge in [-0.2, -0.15) is 0 Å². The molecule has 0 aliphatic carbocycles. The fraction of sp³-hybridized carbons (Fsp3) is 0.333. The number of nitrogens with one attached hydrogen (secondary N) is 1. The Morgan fingerprint density at radius 1 is 1.07 bits per heavy atom. The SMILES string of the molecule is C[C@H](NC(=O)Cc1cc(F)cc(F)c1)C(=O)N(C)[C@H](C)[C@H](O)c1ccccc1. The number of halogens is 2. The van der Waals surface area contributed by atoms with Gasteiger partial charge in [-0.05, 0) is 37.1 Å². The fourth-order valence-electron chi connectivity index (χ4n) is 2.90. The van der Waals surface area contributed by atoms with Crippen molar-refractivity contribution in [2.45, 2.75) is 38.5 Å². The average Bonchev–Trinajstić information content (AvgIpc) is 2.65. The maximum absolute atomic E-state index is 13.2. The molecule has 0 aliphatic rings. The molecule has 28 heavy (non-hydrogen) atoms. The number of hydrogen-bond acceptors (Lipinski definition) is 3. The van der Waals surface area contributed by atoms with Crippen molar-refractivity contribution in [1.29, 1.82) is 0 Å². The molecule has 2 aromatic rings. The first-order valence-electron chi connectivity index (χ1n) is 8.93. The normalized spacial score (nSPS) is 14.1. The lowest BCUT2D eigenvalue weighted by atomic mass is 10.0. The third kappa shape index (κ3) is 5.60. The van der Waals surface area contributed by atoms with E-state index in [0.717, 1.165) is 18.2 Å². The van der Waals surface area contributed by atoms with Crippen molar-refractivity contribution in [3.63, 3.8) is 0 Å². The molecule has 0 aromatic heterocycles. The molecule has 150 valence electrons. The lowest BCUT2D eigenvalue weighted by Crippen LogP contribution is -2.49. The molecule has 0 radical (unpaired) electrons. The van der Waals surface area contributed by atoms with Gasteiger partial charge in [-0.15, -0.1) is 0 Å². The standard InChI is InChI=1S/C21H24F2N2O3/c1-13(24-19(26)11-15-9-17(22)12-18(23)10-15)21(28)25(3)14(2)20(27)16-7-5-4-6-8-16/h4-10,12-14,20,27H,11H2,1-3H3,(H,24,26)/t13-,14+,20-/m0/s1. The fourth-order valence-corrected chi connectivity index (χ4v) is 2.90. The van der Waals surface area contributed by atoms with E-state index in [4.69, 9.17) is 0 Å². The Hall–Kier alpha value is -2.80. The van der Waals surface area contributed by atoms with Gasteiger partial charge in [0.05, 0.1) is 18.6 Å². The summed E-state index contributed by atoms with van der Waals surface area (Å²) in [6.45, 7) is 3.23. The van der Waals surface area contributed by atoms with E-state index in [2.05, 4.69) is 5.32 Å². The Balaban J connectivity index is 1.95. The van der Waals surface area contributed by atoms with Gasteiger partial charge in [0, 0.05) is 13.1 Å². The Morgan fingerprint density at radius 3 is 2.21 bits per heavy atom. The number of rotatable bonds is 7. The predicted molar refractivity (Wildman–Crippen MR) is 101 cm³/mol. The van der Waals surface area contributed by atoms with Gasteiger partial charge in [-0.25, -0.2) is 8.78 Å². The first-order chi connectivity index (χ1) is 13.2. The van der Waals surface area contributed by atoms with Gasteiger partial charge in [-0.3, -0.25) is 9.59 Å². The second-order valence-corrected chi connectivity index (χ2v) is 6.79. The van der Waals surface area contributed by atoms with Crippen molar-refractivity contribution in [1.82, 2.24) is 10.2 Å². The number of aliphatic hydroxyl groups excluding tert-OH is 1. The lowest BCUT2D eigenvalue weighted by molar-refractivity contribution is -0.138. The van der Waals surface area contributed by atoms with Gasteiger partial charge in [-0.1, -0.05) is 30.3 Å². The second kappa shape index (κ2) is 9.41. The van der Waals surface area contributed by atoms with Crippen LogP contribution in [0.3, 0.4) is 0 Å². The van der Waals surface area contributed by atoms with Crippen LogP contribution < -0.4 is 5.32 Å². The van der Waals surface area contributed by atoms with Crippen LogP contribution in [-0.4, -0.2) is 41.0 Å². The minimum atomic E-state index is -0.881. The number of nitrogens with zero attached hydrogens (tertiary/aromatic N) is 1. The monoisotopic (exact) mass is 390 g/mol. The zero-order valence-electron chi connectivity index (χ0n) is 16.0. The maximum atomic E-state index is 13.2. The van der Waals surface area contributed by atoms with Crippen LogP contribution in [0.5, 0.6) is 0 Å². The summed E-state index contributed by atoms with van der Waals surface area (Å²) in [5, 5.41) is 13.0. The first kappa shape index (κ1) is 21.5. The third-order valence-electron chi connectivity index (χ3n) is 4.59. The summed E-state index contributed by atoms with van der Waals surface area (Å²) < 4.78 is 26.4. The van der Waals surface area contributed by atoms with E-state index in [1.54, 1.807) is 38.2 Å². The Kier molecular flexibility index (Phi) is 7.23. The minimum Gasteiger partial charge on any atom is -0.386 e. The number of carbonyl (C=O) groups is 2. The molecule has 5 nitrogen and oxygen atoms in total. The van der Waals surface area contributed by atoms with Crippen molar-refractivity contribution >= 4 is 11.8 Å². The molecule has 2 amide bonds. The molecule has 0 saturated heterocycles. The zero-order valence-corrected chi connectivity index (χ0v) is 16.0. The Morgan fingerprint density at radius 2 is 1.64 bits per heavy atom. The van der Waals surface area contributed by atoms with Gasteiger partial charge in [0.2, 0.25) is 11.8 Å². The van der Waals surface area contributed by atoms with E-state index in [1.165, 1.54) is 11.8 Å². The number of benzene rings is 2. The first-order valence-corrected chi connectivity index (χ1v) is 8.93. The molecule has 0 bridgehead atoms. The van der Waals surface area contributed by atoms with Crippen molar-refractivity contribution in [3.8, 4) is 0 Å². The topological polar surface area (TPSA) is 69.6 Å². The van der Waals surface area contributed by atoms with Crippen LogP contribution in [0.2, 0.25) is 0 Å². The van der Waals surface area contributed by atoms with Gasteiger partial charge in [0.25, 0.3) is 0 Å². The van der Waals surface area contributed by atoms with Crippen molar-refractivity contribution in [2.24, 2.45) is 0 Å². The molecule has 2 aromatic carbocycles. The van der Waals surface area contributed by atoms with E-state index in [1.807, 2.05) is 6.07 Å². The van der Waals surface area contributed by atoms with Gasteiger partial charge in [0.1, 0.15) is 17.7 Å². The molecule has 0 saturated carbocycles. The molecule has 0 unspecified atom stereocenters. The highest BCUT2D eigenvalue weighted by Gasteiger charge is 2.27. The van der Waals surface area contributed by atoms with Crippen LogP contribution in [0.15, 0.2) is 48.5 Å². The molecule has 7 heteroatoms. The molecule has 3 atom stereocenters. The van der Waals surface area contributed by atoms with E-state index < -0.39 is 35.7 Å². The number of carbonyl (C=O) groups excluding carboxylic acids is 2.